The molecule has 37 heavy (non-hydrogen) atoms. The molecule has 0 saturated carbocycles. The SMILES string of the molecule is Nc1nccc2cc(CCC(=O)c3cc(Cl)c(CNCc4ccc(N5CCCCC5=O)cc4)s3)ccc12. The van der Waals surface area contributed by atoms with Crippen LogP contribution in [0.25, 0.3) is 10.8 Å². The number of aryl methyl sites for hydroxylation is 1. The first-order valence-electron chi connectivity index (χ1n) is 12.5. The van der Waals surface area contributed by atoms with Crippen molar-refractivity contribution in [2.75, 3.05) is 17.2 Å². The Morgan fingerprint density at radius 1 is 1.05 bits per heavy atom. The highest BCUT2D eigenvalue weighted by molar-refractivity contribution is 7.14. The molecule has 0 spiro atoms. The average Bonchev–Trinajstić information content (AvgIpc) is 3.28. The zero-order valence-corrected chi connectivity index (χ0v) is 22.1. The molecule has 0 bridgehead atoms. The lowest BCUT2D eigenvalue weighted by atomic mass is 10.0. The van der Waals surface area contributed by atoms with Gasteiger partial charge in [-0.2, -0.15) is 0 Å². The van der Waals surface area contributed by atoms with Crippen LogP contribution in [0.4, 0.5) is 11.5 Å². The number of thiophene rings is 1. The minimum absolute atomic E-state index is 0.0929. The van der Waals surface area contributed by atoms with Gasteiger partial charge in [-0.05, 0) is 60.0 Å². The van der Waals surface area contributed by atoms with Gasteiger partial charge >= 0.3 is 0 Å². The number of nitrogen functional groups attached to an aromatic ring is 1. The fourth-order valence-corrected chi connectivity index (χ4v) is 5.99. The Bertz CT molecular complexity index is 1430. The molecular formula is C29H29ClN4O2S. The van der Waals surface area contributed by atoms with E-state index < -0.39 is 0 Å². The van der Waals surface area contributed by atoms with Crippen LogP contribution in [0.5, 0.6) is 0 Å². The van der Waals surface area contributed by atoms with Crippen LogP contribution >= 0.6 is 22.9 Å². The first-order chi connectivity index (χ1) is 18.0. The maximum absolute atomic E-state index is 12.9. The van der Waals surface area contributed by atoms with Gasteiger partial charge in [-0.25, -0.2) is 4.98 Å². The maximum atomic E-state index is 12.9. The van der Waals surface area contributed by atoms with Crippen LogP contribution in [0.15, 0.2) is 60.8 Å². The van der Waals surface area contributed by atoms with Crippen LogP contribution in [0.3, 0.4) is 0 Å². The number of ketones is 1. The maximum Gasteiger partial charge on any atom is 0.226 e. The van der Waals surface area contributed by atoms with Crippen molar-refractivity contribution in [1.29, 1.82) is 0 Å². The normalized spacial score (nSPS) is 13.9. The summed E-state index contributed by atoms with van der Waals surface area (Å²) in [7, 11) is 0. The number of carbonyl (C=O) groups is 2. The van der Waals surface area contributed by atoms with E-state index in [1.165, 1.54) is 11.3 Å². The molecule has 3 N–H and O–H groups in total. The van der Waals surface area contributed by atoms with Gasteiger partial charge in [0.25, 0.3) is 0 Å². The van der Waals surface area contributed by atoms with Crippen LogP contribution in [-0.2, 0) is 24.3 Å². The Labute approximate surface area is 225 Å². The molecule has 3 heterocycles. The third-order valence-electron chi connectivity index (χ3n) is 6.72. The second-order valence-electron chi connectivity index (χ2n) is 9.33. The predicted octanol–water partition coefficient (Wildman–Crippen LogP) is 6.15. The summed E-state index contributed by atoms with van der Waals surface area (Å²) >= 11 is 7.90. The molecular weight excluding hydrogens is 504 g/mol. The number of nitrogens with zero attached hydrogens (tertiary/aromatic N) is 2. The van der Waals surface area contributed by atoms with Crippen molar-refractivity contribution < 1.29 is 9.59 Å². The van der Waals surface area contributed by atoms with Gasteiger partial charge in [0.15, 0.2) is 5.78 Å². The van der Waals surface area contributed by atoms with Gasteiger partial charge < -0.3 is 16.0 Å². The minimum Gasteiger partial charge on any atom is -0.383 e. The van der Waals surface area contributed by atoms with E-state index in [0.717, 1.165) is 51.9 Å². The van der Waals surface area contributed by atoms with Crippen molar-refractivity contribution in [3.63, 3.8) is 0 Å². The molecule has 4 aromatic rings. The van der Waals surface area contributed by atoms with Gasteiger partial charge in [-0.3, -0.25) is 9.59 Å². The van der Waals surface area contributed by atoms with Gasteiger partial charge in [0, 0.05) is 54.6 Å². The number of aromatic nitrogens is 1. The molecule has 2 aromatic carbocycles. The number of amides is 1. The van der Waals surface area contributed by atoms with Gasteiger partial charge in [-0.15, -0.1) is 11.3 Å². The summed E-state index contributed by atoms with van der Waals surface area (Å²) in [4.78, 5) is 32.6. The molecule has 2 aromatic heterocycles. The minimum atomic E-state index is 0.0929. The second kappa shape index (κ2) is 11.4. The highest BCUT2D eigenvalue weighted by atomic mass is 35.5. The lowest BCUT2D eigenvalue weighted by Gasteiger charge is -2.26. The van der Waals surface area contributed by atoms with Crippen molar-refractivity contribution in [2.45, 2.75) is 45.2 Å². The van der Waals surface area contributed by atoms with Gasteiger partial charge in [0.1, 0.15) is 5.82 Å². The molecule has 0 radical (unpaired) electrons. The monoisotopic (exact) mass is 532 g/mol. The zero-order chi connectivity index (χ0) is 25.8. The quantitative estimate of drug-likeness (QED) is 0.252. The Morgan fingerprint density at radius 2 is 1.86 bits per heavy atom. The topological polar surface area (TPSA) is 88.3 Å². The molecule has 5 rings (SSSR count). The van der Waals surface area contributed by atoms with Crippen LogP contribution in [-0.4, -0.2) is 23.2 Å². The number of piperidine rings is 1. The van der Waals surface area contributed by atoms with E-state index in [1.54, 1.807) is 12.3 Å². The number of Topliss-reactive ketones (excluding diaryl/α,β-unsaturated/α-hetero) is 1. The Morgan fingerprint density at radius 3 is 2.68 bits per heavy atom. The summed E-state index contributed by atoms with van der Waals surface area (Å²) in [5, 5.41) is 5.99. The highest BCUT2D eigenvalue weighted by Crippen LogP contribution is 2.29. The Balaban J connectivity index is 1.13. The number of pyridine rings is 1. The van der Waals surface area contributed by atoms with Crippen LogP contribution < -0.4 is 16.0 Å². The number of rotatable bonds is 9. The first kappa shape index (κ1) is 25.4. The zero-order valence-electron chi connectivity index (χ0n) is 20.5. The average molecular weight is 533 g/mol. The fourth-order valence-electron chi connectivity index (χ4n) is 4.64. The van der Waals surface area contributed by atoms with Gasteiger partial charge in [0.05, 0.1) is 9.90 Å². The second-order valence-corrected chi connectivity index (χ2v) is 10.9. The summed E-state index contributed by atoms with van der Waals surface area (Å²) in [6.45, 7) is 2.06. The lowest BCUT2D eigenvalue weighted by Crippen LogP contribution is -2.35. The molecule has 8 heteroatoms. The number of halogens is 1. The number of carbonyl (C=O) groups excluding carboxylic acids is 2. The van der Waals surface area contributed by atoms with Gasteiger partial charge in [0.2, 0.25) is 5.91 Å². The first-order valence-corrected chi connectivity index (χ1v) is 13.7. The molecule has 1 aliphatic heterocycles. The molecule has 6 nitrogen and oxygen atoms in total. The standard InChI is InChI=1S/C29H29ClN4O2S/c30-24-16-26(25(35)11-7-19-6-10-23-21(15-19)12-13-33-29(23)31)37-27(24)18-32-17-20-4-8-22(9-5-20)34-14-2-1-3-28(34)36/h4-6,8-10,12-13,15-16,32H,1-3,7,11,14,17-18H2,(H2,31,33). The van der Waals surface area contributed by atoms with Gasteiger partial charge in [-0.1, -0.05) is 41.9 Å². The molecule has 1 aliphatic rings. The number of nitrogens with two attached hydrogens (primary N) is 1. The number of anilines is 2. The smallest absolute Gasteiger partial charge is 0.226 e. The summed E-state index contributed by atoms with van der Waals surface area (Å²) in [6.07, 6.45) is 5.43. The van der Waals surface area contributed by atoms with E-state index in [-0.39, 0.29) is 11.7 Å². The Kier molecular flexibility index (Phi) is 7.84. The predicted molar refractivity (Wildman–Crippen MR) is 151 cm³/mol. The molecule has 1 fully saturated rings. The van der Waals surface area contributed by atoms with Crippen LogP contribution in [0, 0.1) is 0 Å². The lowest BCUT2D eigenvalue weighted by molar-refractivity contribution is -0.119. The summed E-state index contributed by atoms with van der Waals surface area (Å²) in [5.41, 5.74) is 9.11. The number of nitrogens with one attached hydrogen (secondary N) is 1. The molecule has 190 valence electrons. The summed E-state index contributed by atoms with van der Waals surface area (Å²) in [6, 6.07) is 17.9. The molecule has 1 saturated heterocycles. The number of benzene rings is 2. The number of hydrogen-bond donors (Lipinski definition) is 2. The van der Waals surface area contributed by atoms with E-state index in [1.807, 2.05) is 47.4 Å². The Hall–Kier alpha value is -3.26. The van der Waals surface area contributed by atoms with Crippen molar-refractivity contribution in [2.24, 2.45) is 0 Å². The molecule has 0 atom stereocenters. The van der Waals surface area contributed by atoms with Crippen LogP contribution in [0.1, 0.15) is 51.4 Å². The van der Waals surface area contributed by atoms with E-state index in [4.69, 9.17) is 17.3 Å². The van der Waals surface area contributed by atoms with Crippen molar-refractivity contribution in [3.05, 3.63) is 86.7 Å². The molecule has 0 aliphatic carbocycles. The third-order valence-corrected chi connectivity index (χ3v) is 8.34. The van der Waals surface area contributed by atoms with E-state index in [9.17, 15) is 9.59 Å². The number of fused-ring (bicyclic) bond motifs is 1. The van der Waals surface area contributed by atoms with Crippen molar-refractivity contribution in [1.82, 2.24) is 10.3 Å². The van der Waals surface area contributed by atoms with E-state index >= 15 is 0 Å². The van der Waals surface area contributed by atoms with E-state index in [0.29, 0.717) is 48.1 Å². The van der Waals surface area contributed by atoms with Crippen molar-refractivity contribution >= 4 is 56.9 Å². The molecule has 0 unspecified atom stereocenters. The summed E-state index contributed by atoms with van der Waals surface area (Å²) < 4.78 is 0. The fraction of sp³-hybridized carbons (Fsp3) is 0.276. The van der Waals surface area contributed by atoms with E-state index in [2.05, 4.69) is 16.4 Å². The van der Waals surface area contributed by atoms with Crippen LogP contribution in [0.2, 0.25) is 5.02 Å². The largest absolute Gasteiger partial charge is 0.383 e. The third kappa shape index (κ3) is 6.01. The van der Waals surface area contributed by atoms with Crippen molar-refractivity contribution in [3.8, 4) is 0 Å². The summed E-state index contributed by atoms with van der Waals surface area (Å²) in [5.74, 6) is 0.811. The molecule has 1 amide bonds. The highest BCUT2D eigenvalue weighted by Gasteiger charge is 2.19. The number of hydrogen-bond acceptors (Lipinski definition) is 6.